The topological polar surface area (TPSA) is 137 Å². The Morgan fingerprint density at radius 2 is 1.62 bits per heavy atom. The van der Waals surface area contributed by atoms with Crippen LogP contribution in [0.3, 0.4) is 0 Å². The monoisotopic (exact) mass is 615 g/mol. The first-order valence-electron chi connectivity index (χ1n) is 15.6. The summed E-state index contributed by atoms with van der Waals surface area (Å²) in [6, 6.07) is 16.4. The molecule has 1 aliphatic heterocycles. The predicted molar refractivity (Wildman–Crippen MR) is 179 cm³/mol. The van der Waals surface area contributed by atoms with E-state index >= 15 is 0 Å². The van der Waals surface area contributed by atoms with E-state index < -0.39 is 11.7 Å². The third kappa shape index (κ3) is 10.8. The molecule has 11 heteroatoms. The maximum atomic E-state index is 13.0. The number of piperidine rings is 1. The van der Waals surface area contributed by atoms with Crippen molar-refractivity contribution < 1.29 is 19.1 Å². The molecule has 2 heterocycles. The number of pyridine rings is 1. The Morgan fingerprint density at radius 3 is 2.29 bits per heavy atom. The zero-order chi connectivity index (χ0) is 32.2. The molecule has 0 saturated carbocycles. The lowest BCUT2D eigenvalue weighted by molar-refractivity contribution is 0.0635. The Morgan fingerprint density at radius 1 is 0.889 bits per heavy atom. The summed E-state index contributed by atoms with van der Waals surface area (Å²) in [5.74, 6) is 0.278. The van der Waals surface area contributed by atoms with E-state index in [-0.39, 0.29) is 18.5 Å². The number of hydrogen-bond donors (Lipinski definition) is 5. The summed E-state index contributed by atoms with van der Waals surface area (Å²) < 4.78 is 5.22. The van der Waals surface area contributed by atoms with E-state index in [4.69, 9.17) is 4.74 Å². The van der Waals surface area contributed by atoms with Crippen molar-refractivity contribution in [1.82, 2.24) is 20.5 Å². The van der Waals surface area contributed by atoms with Crippen LogP contribution in [0.2, 0.25) is 0 Å². The predicted octanol–water partition coefficient (Wildman–Crippen LogP) is 6.06. The largest absolute Gasteiger partial charge is 0.444 e. The number of amides is 4. The van der Waals surface area contributed by atoms with Gasteiger partial charge in [0.2, 0.25) is 0 Å². The highest BCUT2D eigenvalue weighted by Gasteiger charge is 2.17. The minimum Gasteiger partial charge on any atom is -0.444 e. The third-order valence-electron chi connectivity index (χ3n) is 7.18. The molecule has 11 nitrogen and oxygen atoms in total. The number of likely N-dealkylation sites (tertiary alicyclic amines) is 1. The summed E-state index contributed by atoms with van der Waals surface area (Å²) in [6.07, 6.45) is 4.76. The van der Waals surface area contributed by atoms with Crippen LogP contribution in [-0.4, -0.2) is 66.2 Å². The van der Waals surface area contributed by atoms with Gasteiger partial charge in [-0.25, -0.2) is 14.6 Å². The maximum Gasteiger partial charge on any atom is 0.413 e. The van der Waals surface area contributed by atoms with E-state index in [9.17, 15) is 14.4 Å². The zero-order valence-corrected chi connectivity index (χ0v) is 26.7. The fourth-order valence-electron chi connectivity index (χ4n) is 4.98. The van der Waals surface area contributed by atoms with Gasteiger partial charge >= 0.3 is 12.1 Å². The molecule has 3 aromatic rings. The van der Waals surface area contributed by atoms with Gasteiger partial charge in [-0.05, 0) is 101 Å². The first-order chi connectivity index (χ1) is 21.6. The number of hydrogen-bond acceptors (Lipinski definition) is 7. The third-order valence-corrected chi connectivity index (χ3v) is 7.18. The number of nitrogens with one attached hydrogen (secondary N) is 5. The summed E-state index contributed by atoms with van der Waals surface area (Å²) in [5, 5.41) is 14.6. The van der Waals surface area contributed by atoms with Crippen LogP contribution < -0.4 is 26.6 Å². The SMILES string of the molecule is CCNc1cc(-c2ccc(NC(=O)NCc3ccc(NC(=O)OC(C)(C)C)nc3)cc2)ccc1C(=O)NCCN1CCCCC1. The minimum atomic E-state index is -0.603. The lowest BCUT2D eigenvalue weighted by atomic mass is 10.0. The molecule has 240 valence electrons. The summed E-state index contributed by atoms with van der Waals surface area (Å²) in [7, 11) is 0. The van der Waals surface area contributed by atoms with Crippen LogP contribution in [0.5, 0.6) is 0 Å². The second kappa shape index (κ2) is 15.9. The van der Waals surface area contributed by atoms with Crippen LogP contribution >= 0.6 is 0 Å². The molecule has 0 bridgehead atoms. The number of aromatic nitrogens is 1. The number of benzene rings is 2. The van der Waals surface area contributed by atoms with E-state index in [0.717, 1.165) is 42.0 Å². The van der Waals surface area contributed by atoms with Gasteiger partial charge < -0.3 is 30.9 Å². The molecule has 4 rings (SSSR count). The summed E-state index contributed by atoms with van der Waals surface area (Å²) >= 11 is 0. The van der Waals surface area contributed by atoms with E-state index in [0.29, 0.717) is 30.2 Å². The number of carbonyl (C=O) groups excluding carboxylic acids is 3. The van der Waals surface area contributed by atoms with E-state index in [1.54, 1.807) is 39.1 Å². The highest BCUT2D eigenvalue weighted by molar-refractivity contribution is 6.00. The quantitative estimate of drug-likeness (QED) is 0.177. The minimum absolute atomic E-state index is 0.0794. The fourth-order valence-corrected chi connectivity index (χ4v) is 4.98. The van der Waals surface area contributed by atoms with Crippen molar-refractivity contribution in [3.8, 4) is 11.1 Å². The van der Waals surface area contributed by atoms with Crippen LogP contribution in [0.25, 0.3) is 11.1 Å². The number of carbonyl (C=O) groups is 3. The molecule has 5 N–H and O–H groups in total. The van der Waals surface area contributed by atoms with Gasteiger partial charge in [-0.2, -0.15) is 0 Å². The highest BCUT2D eigenvalue weighted by atomic mass is 16.6. The average molecular weight is 616 g/mol. The first kappa shape index (κ1) is 33.3. The second-order valence-corrected chi connectivity index (χ2v) is 12.0. The smallest absolute Gasteiger partial charge is 0.413 e. The molecular formula is C34H45N7O4. The van der Waals surface area contributed by atoms with E-state index in [2.05, 4.69) is 36.5 Å². The number of nitrogens with zero attached hydrogens (tertiary/aromatic N) is 2. The Hall–Kier alpha value is -4.64. The van der Waals surface area contributed by atoms with Crippen LogP contribution in [0.15, 0.2) is 60.8 Å². The number of urea groups is 1. The normalized spacial score (nSPS) is 13.4. The van der Waals surface area contributed by atoms with Gasteiger partial charge in [0.1, 0.15) is 11.4 Å². The molecule has 0 spiro atoms. The van der Waals surface area contributed by atoms with Crippen LogP contribution in [0.1, 0.15) is 62.9 Å². The Balaban J connectivity index is 1.27. The van der Waals surface area contributed by atoms with Gasteiger partial charge in [0, 0.05) is 43.8 Å². The standard InChI is InChI=1S/C34H45N7O4/c1-5-35-29-21-26(12-15-28(29)31(42)36-17-20-41-18-7-6-8-19-41)25-10-13-27(14-11-25)39-32(43)38-23-24-9-16-30(37-22-24)40-33(44)45-34(2,3)4/h9-16,21-22,35H,5-8,17-20,23H2,1-4H3,(H,36,42)(H,37,40,44)(H2,38,39,43). The summed E-state index contributed by atoms with van der Waals surface area (Å²) in [4.78, 5) is 44.0. The van der Waals surface area contributed by atoms with Crippen molar-refractivity contribution in [1.29, 1.82) is 0 Å². The van der Waals surface area contributed by atoms with Gasteiger partial charge in [-0.15, -0.1) is 0 Å². The lowest BCUT2D eigenvalue weighted by Gasteiger charge is -2.26. The molecule has 1 aliphatic rings. The summed E-state index contributed by atoms with van der Waals surface area (Å²) in [5.41, 5.74) is 4.14. The number of anilines is 3. The molecule has 0 radical (unpaired) electrons. The van der Waals surface area contributed by atoms with E-state index in [1.165, 1.54) is 19.3 Å². The van der Waals surface area contributed by atoms with Crippen molar-refractivity contribution in [2.45, 2.75) is 59.1 Å². The molecule has 1 aromatic heterocycles. The van der Waals surface area contributed by atoms with Crippen molar-refractivity contribution in [3.63, 3.8) is 0 Å². The van der Waals surface area contributed by atoms with Gasteiger partial charge in [0.05, 0.1) is 5.56 Å². The van der Waals surface area contributed by atoms with Crippen LogP contribution in [0.4, 0.5) is 26.8 Å². The van der Waals surface area contributed by atoms with E-state index in [1.807, 2.05) is 49.4 Å². The van der Waals surface area contributed by atoms with Crippen LogP contribution in [0, 0.1) is 0 Å². The van der Waals surface area contributed by atoms with Crippen LogP contribution in [-0.2, 0) is 11.3 Å². The molecule has 2 aromatic carbocycles. The van der Waals surface area contributed by atoms with Crippen molar-refractivity contribution in [2.75, 3.05) is 48.7 Å². The van der Waals surface area contributed by atoms with Gasteiger partial charge in [0.15, 0.2) is 0 Å². The molecular weight excluding hydrogens is 570 g/mol. The molecule has 1 fully saturated rings. The highest BCUT2D eigenvalue weighted by Crippen LogP contribution is 2.27. The molecule has 0 unspecified atom stereocenters. The molecule has 45 heavy (non-hydrogen) atoms. The Kier molecular flexibility index (Phi) is 11.7. The van der Waals surface area contributed by atoms with Crippen molar-refractivity contribution in [3.05, 3.63) is 71.9 Å². The van der Waals surface area contributed by atoms with Crippen molar-refractivity contribution in [2.24, 2.45) is 0 Å². The van der Waals surface area contributed by atoms with Gasteiger partial charge in [-0.1, -0.05) is 30.7 Å². The second-order valence-electron chi connectivity index (χ2n) is 12.0. The maximum absolute atomic E-state index is 13.0. The van der Waals surface area contributed by atoms with Crippen molar-refractivity contribution >= 4 is 35.2 Å². The Bertz CT molecular complexity index is 1430. The van der Waals surface area contributed by atoms with Gasteiger partial charge in [-0.3, -0.25) is 10.1 Å². The number of rotatable bonds is 11. The molecule has 0 atom stereocenters. The molecule has 4 amide bonds. The number of ether oxygens (including phenoxy) is 1. The Labute approximate surface area is 265 Å². The lowest BCUT2D eigenvalue weighted by Crippen LogP contribution is -2.37. The molecule has 1 saturated heterocycles. The average Bonchev–Trinajstić information content (AvgIpc) is 3.01. The van der Waals surface area contributed by atoms with Gasteiger partial charge in [0.25, 0.3) is 5.91 Å². The molecule has 0 aliphatic carbocycles. The summed E-state index contributed by atoms with van der Waals surface area (Å²) in [6.45, 7) is 12.0. The first-order valence-corrected chi connectivity index (χ1v) is 15.6. The zero-order valence-electron chi connectivity index (χ0n) is 26.7. The fraction of sp³-hybridized carbons (Fsp3) is 0.412.